The summed E-state index contributed by atoms with van der Waals surface area (Å²) in [4.78, 5) is 4.00. The molecule has 1 heterocycles. The van der Waals surface area contributed by atoms with Crippen LogP contribution in [0, 0.1) is 5.41 Å². The van der Waals surface area contributed by atoms with Gasteiger partial charge >= 0.3 is 0 Å². The zero-order valence-corrected chi connectivity index (χ0v) is 8.20. The number of aromatic nitrogens is 1. The predicted molar refractivity (Wildman–Crippen MR) is 53.0 cm³/mol. The lowest BCUT2D eigenvalue weighted by Crippen LogP contribution is -2.14. The monoisotopic (exact) mass is 195 g/mol. The van der Waals surface area contributed by atoms with E-state index in [0.717, 1.165) is 0 Å². The Morgan fingerprint density at radius 2 is 2.21 bits per heavy atom. The average Bonchev–Trinajstić information content (AvgIpc) is 2.17. The molecule has 0 radical (unpaired) electrons. The van der Waals surface area contributed by atoms with Crippen molar-refractivity contribution in [3.8, 4) is 11.6 Å². The Morgan fingerprint density at radius 3 is 2.71 bits per heavy atom. The Morgan fingerprint density at radius 1 is 1.50 bits per heavy atom. The van der Waals surface area contributed by atoms with Crippen molar-refractivity contribution in [2.45, 2.75) is 6.42 Å². The molecule has 0 aliphatic carbocycles. The van der Waals surface area contributed by atoms with Crippen LogP contribution in [0.15, 0.2) is 12.3 Å². The van der Waals surface area contributed by atoms with Gasteiger partial charge in [0.1, 0.15) is 5.75 Å². The highest BCUT2D eigenvalue weighted by Gasteiger charge is 2.11. The summed E-state index contributed by atoms with van der Waals surface area (Å²) in [5, 5.41) is 7.21. The van der Waals surface area contributed by atoms with Crippen LogP contribution in [0.25, 0.3) is 0 Å². The first-order valence-corrected chi connectivity index (χ1v) is 4.07. The fourth-order valence-electron chi connectivity index (χ4n) is 1.18. The number of nitrogens with zero attached hydrogens (tertiary/aromatic N) is 1. The van der Waals surface area contributed by atoms with Crippen molar-refractivity contribution >= 4 is 5.84 Å². The molecule has 0 saturated heterocycles. The molecule has 0 aliphatic heterocycles. The second kappa shape index (κ2) is 4.45. The van der Waals surface area contributed by atoms with Crippen LogP contribution in [0.4, 0.5) is 0 Å². The second-order valence-corrected chi connectivity index (χ2v) is 2.70. The van der Waals surface area contributed by atoms with Crippen LogP contribution in [0.3, 0.4) is 0 Å². The van der Waals surface area contributed by atoms with Crippen molar-refractivity contribution in [1.29, 1.82) is 5.41 Å². The quantitative estimate of drug-likeness (QED) is 0.544. The number of amidine groups is 1. The topological polar surface area (TPSA) is 81.2 Å². The van der Waals surface area contributed by atoms with Gasteiger partial charge in [-0.25, -0.2) is 4.98 Å². The van der Waals surface area contributed by atoms with Gasteiger partial charge in [0.15, 0.2) is 0 Å². The summed E-state index contributed by atoms with van der Waals surface area (Å²) < 4.78 is 10.2. The summed E-state index contributed by atoms with van der Waals surface area (Å²) in [7, 11) is 3.07. The maximum Gasteiger partial charge on any atom is 0.220 e. The zero-order chi connectivity index (χ0) is 10.6. The molecule has 0 spiro atoms. The van der Waals surface area contributed by atoms with E-state index < -0.39 is 0 Å². The van der Waals surface area contributed by atoms with Crippen molar-refractivity contribution in [2.24, 2.45) is 5.73 Å². The second-order valence-electron chi connectivity index (χ2n) is 2.70. The third-order valence-electron chi connectivity index (χ3n) is 1.75. The molecular weight excluding hydrogens is 182 g/mol. The summed E-state index contributed by atoms with van der Waals surface area (Å²) in [6.45, 7) is 0. The Hall–Kier alpha value is -1.78. The summed E-state index contributed by atoms with van der Waals surface area (Å²) in [6, 6.07) is 1.71. The highest BCUT2D eigenvalue weighted by molar-refractivity contribution is 5.80. The van der Waals surface area contributed by atoms with Crippen LogP contribution >= 0.6 is 0 Å². The number of hydrogen-bond acceptors (Lipinski definition) is 4. The van der Waals surface area contributed by atoms with E-state index in [9.17, 15) is 0 Å². The van der Waals surface area contributed by atoms with Gasteiger partial charge in [0.25, 0.3) is 0 Å². The molecule has 0 unspecified atom stereocenters. The minimum absolute atomic E-state index is 0.0506. The van der Waals surface area contributed by atoms with Crippen molar-refractivity contribution < 1.29 is 9.47 Å². The lowest BCUT2D eigenvalue weighted by Gasteiger charge is -2.10. The molecule has 14 heavy (non-hydrogen) atoms. The van der Waals surface area contributed by atoms with Crippen LogP contribution in [0.2, 0.25) is 0 Å². The van der Waals surface area contributed by atoms with Crippen LogP contribution < -0.4 is 15.2 Å². The van der Waals surface area contributed by atoms with Gasteiger partial charge in [0.05, 0.1) is 25.6 Å². The minimum atomic E-state index is 0.0506. The van der Waals surface area contributed by atoms with E-state index in [4.69, 9.17) is 20.6 Å². The summed E-state index contributed by atoms with van der Waals surface area (Å²) in [5.41, 5.74) is 6.02. The summed E-state index contributed by atoms with van der Waals surface area (Å²) in [6.07, 6.45) is 1.86. The number of pyridine rings is 1. The van der Waals surface area contributed by atoms with Gasteiger partial charge < -0.3 is 15.2 Å². The Kier molecular flexibility index (Phi) is 3.28. The van der Waals surface area contributed by atoms with Crippen LogP contribution in [0.1, 0.15) is 5.56 Å². The molecule has 5 heteroatoms. The highest BCUT2D eigenvalue weighted by Crippen LogP contribution is 2.25. The molecule has 76 valence electrons. The molecule has 3 N–H and O–H groups in total. The maximum absolute atomic E-state index is 7.21. The van der Waals surface area contributed by atoms with Gasteiger partial charge in [0.2, 0.25) is 5.88 Å². The lowest BCUT2D eigenvalue weighted by atomic mass is 10.1. The van der Waals surface area contributed by atoms with Gasteiger partial charge in [0, 0.05) is 12.6 Å². The van der Waals surface area contributed by atoms with Crippen molar-refractivity contribution in [3.05, 3.63) is 17.8 Å². The first kappa shape index (κ1) is 10.3. The average molecular weight is 195 g/mol. The number of ether oxygens (including phenoxy) is 2. The lowest BCUT2D eigenvalue weighted by molar-refractivity contribution is 0.375. The van der Waals surface area contributed by atoms with E-state index >= 15 is 0 Å². The normalized spacial score (nSPS) is 9.57. The molecule has 0 bridgehead atoms. The molecular formula is C9H13N3O2. The smallest absolute Gasteiger partial charge is 0.220 e. The van der Waals surface area contributed by atoms with Gasteiger partial charge in [-0.1, -0.05) is 0 Å². The summed E-state index contributed by atoms with van der Waals surface area (Å²) >= 11 is 0. The maximum atomic E-state index is 7.21. The van der Waals surface area contributed by atoms with E-state index in [1.807, 2.05) is 0 Å². The first-order chi connectivity index (χ1) is 6.69. The molecule has 5 nitrogen and oxygen atoms in total. The van der Waals surface area contributed by atoms with Crippen LogP contribution in [-0.2, 0) is 6.42 Å². The standard InChI is InChI=1S/C9H13N3O2/c1-13-7-3-4-12-9(14-2)6(7)5-8(10)11/h3-4H,5H2,1-2H3,(H3,10,11). The fraction of sp³-hybridized carbons (Fsp3) is 0.333. The van der Waals surface area contributed by atoms with E-state index in [2.05, 4.69) is 4.98 Å². The molecule has 0 saturated carbocycles. The Balaban J connectivity index is 3.12. The summed E-state index contributed by atoms with van der Waals surface area (Å²) in [5.74, 6) is 1.13. The molecule has 0 aromatic carbocycles. The Labute approximate surface area is 82.4 Å². The SMILES string of the molecule is COc1ccnc(OC)c1CC(=N)N. The number of methoxy groups -OCH3 is 2. The minimum Gasteiger partial charge on any atom is -0.496 e. The number of nitrogens with two attached hydrogens (primary N) is 1. The highest BCUT2D eigenvalue weighted by atomic mass is 16.5. The van der Waals surface area contributed by atoms with Gasteiger partial charge in [-0.15, -0.1) is 0 Å². The van der Waals surface area contributed by atoms with Gasteiger partial charge in [-0.3, -0.25) is 5.41 Å². The predicted octanol–water partition coefficient (Wildman–Crippen LogP) is 0.577. The van der Waals surface area contributed by atoms with Crippen molar-refractivity contribution in [1.82, 2.24) is 4.98 Å². The van der Waals surface area contributed by atoms with Crippen molar-refractivity contribution in [2.75, 3.05) is 14.2 Å². The molecule has 0 amide bonds. The van der Waals surface area contributed by atoms with E-state index in [-0.39, 0.29) is 12.3 Å². The number of hydrogen-bond donors (Lipinski definition) is 2. The van der Waals surface area contributed by atoms with Crippen molar-refractivity contribution in [3.63, 3.8) is 0 Å². The van der Waals surface area contributed by atoms with Gasteiger partial charge in [-0.05, 0) is 6.07 Å². The molecule has 1 aromatic heterocycles. The molecule has 0 aliphatic rings. The van der Waals surface area contributed by atoms with Crippen LogP contribution in [0.5, 0.6) is 11.6 Å². The third-order valence-corrected chi connectivity index (χ3v) is 1.75. The Bertz CT molecular complexity index is 317. The van der Waals surface area contributed by atoms with E-state index in [1.165, 1.54) is 7.11 Å². The number of nitrogens with one attached hydrogen (secondary N) is 1. The van der Waals surface area contributed by atoms with Crippen LogP contribution in [-0.4, -0.2) is 25.0 Å². The molecule has 1 rings (SSSR count). The van der Waals surface area contributed by atoms with E-state index in [1.54, 1.807) is 19.4 Å². The fourth-order valence-corrected chi connectivity index (χ4v) is 1.18. The molecule has 1 aromatic rings. The van der Waals surface area contributed by atoms with Gasteiger partial charge in [-0.2, -0.15) is 0 Å². The third kappa shape index (κ3) is 2.12. The zero-order valence-electron chi connectivity index (χ0n) is 8.20. The number of rotatable bonds is 4. The van der Waals surface area contributed by atoms with E-state index in [0.29, 0.717) is 17.2 Å². The largest absolute Gasteiger partial charge is 0.496 e. The first-order valence-electron chi connectivity index (χ1n) is 4.07. The molecule has 0 atom stereocenters. The molecule has 0 fully saturated rings.